The Kier molecular flexibility index (Phi) is 2.70. The van der Waals surface area contributed by atoms with Crippen LogP contribution < -0.4 is 0 Å². The zero-order valence-corrected chi connectivity index (χ0v) is 10.3. The molecule has 5 heteroatoms. The maximum absolute atomic E-state index is 10.9. The lowest BCUT2D eigenvalue weighted by Crippen LogP contribution is -2.03. The second-order valence-electron chi connectivity index (χ2n) is 4.26. The van der Waals surface area contributed by atoms with Crippen molar-refractivity contribution < 1.29 is 9.90 Å². The Morgan fingerprint density at radius 2 is 2.05 bits per heavy atom. The lowest BCUT2D eigenvalue weighted by molar-refractivity contribution is 0.0697. The van der Waals surface area contributed by atoms with Gasteiger partial charge in [0, 0.05) is 5.39 Å². The Bertz CT molecular complexity index is 859. The van der Waals surface area contributed by atoms with Crippen molar-refractivity contribution in [1.29, 1.82) is 5.26 Å². The van der Waals surface area contributed by atoms with E-state index in [0.29, 0.717) is 5.69 Å². The minimum absolute atomic E-state index is 0.0850. The summed E-state index contributed by atoms with van der Waals surface area (Å²) in [5.74, 6) is -1.06. The summed E-state index contributed by atoms with van der Waals surface area (Å²) in [6.07, 6.45) is 1.71. The molecular formula is C15H9N3O2. The highest BCUT2D eigenvalue weighted by atomic mass is 16.4. The van der Waals surface area contributed by atoms with Crippen molar-refractivity contribution in [3.05, 3.63) is 59.8 Å². The molecule has 0 aliphatic carbocycles. The highest BCUT2D eigenvalue weighted by molar-refractivity contribution is 5.89. The van der Waals surface area contributed by atoms with Crippen LogP contribution in [0.5, 0.6) is 0 Å². The van der Waals surface area contributed by atoms with Crippen LogP contribution in [0.1, 0.15) is 15.9 Å². The normalized spacial score (nSPS) is 10.3. The van der Waals surface area contributed by atoms with Crippen molar-refractivity contribution in [2.75, 3.05) is 0 Å². The monoisotopic (exact) mass is 263 g/mol. The molecule has 0 aliphatic heterocycles. The summed E-state index contributed by atoms with van der Waals surface area (Å²) in [4.78, 5) is 10.9. The number of hydrogen-bond acceptors (Lipinski definition) is 3. The van der Waals surface area contributed by atoms with Gasteiger partial charge in [-0.25, -0.2) is 9.48 Å². The average Bonchev–Trinajstić information content (AvgIpc) is 2.90. The van der Waals surface area contributed by atoms with E-state index in [1.807, 2.05) is 30.3 Å². The summed E-state index contributed by atoms with van der Waals surface area (Å²) in [7, 11) is 0. The first-order valence-corrected chi connectivity index (χ1v) is 5.91. The molecule has 0 saturated carbocycles. The fourth-order valence-corrected chi connectivity index (χ4v) is 2.11. The summed E-state index contributed by atoms with van der Waals surface area (Å²) in [5.41, 5.74) is 1.80. The van der Waals surface area contributed by atoms with Crippen LogP contribution in [0.15, 0.2) is 48.7 Å². The van der Waals surface area contributed by atoms with Crippen LogP contribution in [0.4, 0.5) is 0 Å². The standard InChI is InChI=1S/C15H9N3O2/c16-8-12-7-10(15(19)20)5-6-14(12)18-13-4-2-1-3-11(13)9-17-18/h1-7,9H,(H,19,20). The Hall–Kier alpha value is -3.13. The van der Waals surface area contributed by atoms with E-state index < -0.39 is 5.97 Å². The second-order valence-corrected chi connectivity index (χ2v) is 4.26. The number of para-hydroxylation sites is 1. The molecule has 0 radical (unpaired) electrons. The Labute approximate surface area is 114 Å². The van der Waals surface area contributed by atoms with Gasteiger partial charge in [-0.2, -0.15) is 10.4 Å². The number of benzene rings is 2. The molecule has 0 saturated heterocycles. The quantitative estimate of drug-likeness (QED) is 0.770. The number of fused-ring (bicyclic) bond motifs is 1. The third kappa shape index (κ3) is 1.80. The first-order valence-electron chi connectivity index (χ1n) is 5.91. The van der Waals surface area contributed by atoms with Gasteiger partial charge >= 0.3 is 5.97 Å². The fourth-order valence-electron chi connectivity index (χ4n) is 2.11. The third-order valence-corrected chi connectivity index (χ3v) is 3.07. The SMILES string of the molecule is N#Cc1cc(C(=O)O)ccc1-n1ncc2ccccc21. The van der Waals surface area contributed by atoms with E-state index in [4.69, 9.17) is 5.11 Å². The van der Waals surface area contributed by atoms with Crippen molar-refractivity contribution in [3.8, 4) is 11.8 Å². The van der Waals surface area contributed by atoms with Gasteiger partial charge in [-0.1, -0.05) is 18.2 Å². The van der Waals surface area contributed by atoms with Gasteiger partial charge in [0.25, 0.3) is 0 Å². The maximum atomic E-state index is 10.9. The number of nitrogens with zero attached hydrogens (tertiary/aromatic N) is 3. The predicted molar refractivity (Wildman–Crippen MR) is 72.7 cm³/mol. The van der Waals surface area contributed by atoms with Crippen LogP contribution in [-0.4, -0.2) is 20.9 Å². The maximum Gasteiger partial charge on any atom is 0.335 e. The van der Waals surface area contributed by atoms with E-state index >= 15 is 0 Å². The first-order chi connectivity index (χ1) is 9.70. The van der Waals surface area contributed by atoms with E-state index in [1.165, 1.54) is 12.1 Å². The lowest BCUT2D eigenvalue weighted by atomic mass is 10.1. The van der Waals surface area contributed by atoms with Gasteiger partial charge in [0.2, 0.25) is 0 Å². The molecule has 3 rings (SSSR count). The summed E-state index contributed by atoms with van der Waals surface area (Å²) >= 11 is 0. The molecule has 0 fully saturated rings. The van der Waals surface area contributed by atoms with Crippen LogP contribution in [0.2, 0.25) is 0 Å². The summed E-state index contributed by atoms with van der Waals surface area (Å²) in [5, 5.41) is 23.4. The molecule has 2 aromatic carbocycles. The number of rotatable bonds is 2. The van der Waals surface area contributed by atoms with Crippen LogP contribution >= 0.6 is 0 Å². The van der Waals surface area contributed by atoms with E-state index in [0.717, 1.165) is 10.9 Å². The molecule has 0 amide bonds. The fraction of sp³-hybridized carbons (Fsp3) is 0. The largest absolute Gasteiger partial charge is 0.478 e. The first kappa shape index (κ1) is 11.9. The molecule has 1 heterocycles. The topological polar surface area (TPSA) is 78.9 Å². The summed E-state index contributed by atoms with van der Waals surface area (Å²) in [6, 6.07) is 14.1. The summed E-state index contributed by atoms with van der Waals surface area (Å²) in [6.45, 7) is 0. The molecule has 0 spiro atoms. The summed E-state index contributed by atoms with van der Waals surface area (Å²) < 4.78 is 1.64. The molecule has 96 valence electrons. The van der Waals surface area contributed by atoms with E-state index in [2.05, 4.69) is 5.10 Å². The van der Waals surface area contributed by atoms with Gasteiger partial charge < -0.3 is 5.11 Å². The highest BCUT2D eigenvalue weighted by Crippen LogP contribution is 2.21. The van der Waals surface area contributed by atoms with Crippen LogP contribution in [0.3, 0.4) is 0 Å². The van der Waals surface area contributed by atoms with E-state index in [-0.39, 0.29) is 11.1 Å². The lowest BCUT2D eigenvalue weighted by Gasteiger charge is -2.06. The Morgan fingerprint density at radius 3 is 2.80 bits per heavy atom. The number of carboxylic acids is 1. The molecule has 1 aromatic heterocycles. The molecular weight excluding hydrogens is 254 g/mol. The minimum Gasteiger partial charge on any atom is -0.478 e. The van der Waals surface area contributed by atoms with Crippen molar-refractivity contribution in [1.82, 2.24) is 9.78 Å². The molecule has 0 aliphatic rings. The van der Waals surface area contributed by atoms with Gasteiger partial charge in [-0.3, -0.25) is 0 Å². The molecule has 5 nitrogen and oxygen atoms in total. The van der Waals surface area contributed by atoms with Crippen molar-refractivity contribution in [2.45, 2.75) is 0 Å². The van der Waals surface area contributed by atoms with Crippen molar-refractivity contribution in [3.63, 3.8) is 0 Å². The number of hydrogen-bond donors (Lipinski definition) is 1. The number of aromatic carboxylic acids is 1. The molecule has 1 N–H and O–H groups in total. The van der Waals surface area contributed by atoms with Crippen LogP contribution in [0.25, 0.3) is 16.6 Å². The van der Waals surface area contributed by atoms with E-state index in [1.54, 1.807) is 16.9 Å². The van der Waals surface area contributed by atoms with Gasteiger partial charge in [0.15, 0.2) is 0 Å². The predicted octanol–water partition coefficient (Wildman–Crippen LogP) is 2.60. The third-order valence-electron chi connectivity index (χ3n) is 3.07. The molecule has 0 atom stereocenters. The molecule has 20 heavy (non-hydrogen) atoms. The Balaban J connectivity index is 2.24. The van der Waals surface area contributed by atoms with Gasteiger partial charge in [0.05, 0.1) is 28.5 Å². The highest BCUT2D eigenvalue weighted by Gasteiger charge is 2.12. The number of nitriles is 1. The smallest absolute Gasteiger partial charge is 0.335 e. The van der Waals surface area contributed by atoms with Crippen molar-refractivity contribution >= 4 is 16.9 Å². The minimum atomic E-state index is -1.06. The molecule has 0 bridgehead atoms. The van der Waals surface area contributed by atoms with Crippen molar-refractivity contribution in [2.24, 2.45) is 0 Å². The number of carboxylic acid groups (broad SMARTS) is 1. The van der Waals surface area contributed by atoms with Crippen LogP contribution in [0, 0.1) is 11.3 Å². The van der Waals surface area contributed by atoms with Gasteiger partial charge in [0.1, 0.15) is 6.07 Å². The molecule has 0 unspecified atom stereocenters. The van der Waals surface area contributed by atoms with Gasteiger partial charge in [-0.15, -0.1) is 0 Å². The number of carbonyl (C=O) groups is 1. The van der Waals surface area contributed by atoms with Gasteiger partial charge in [-0.05, 0) is 24.3 Å². The zero-order valence-electron chi connectivity index (χ0n) is 10.3. The van der Waals surface area contributed by atoms with E-state index in [9.17, 15) is 10.1 Å². The zero-order chi connectivity index (χ0) is 14.1. The average molecular weight is 263 g/mol. The second kappa shape index (κ2) is 4.52. The number of aromatic nitrogens is 2. The van der Waals surface area contributed by atoms with Crippen LogP contribution in [-0.2, 0) is 0 Å². The molecule has 3 aromatic rings. The Morgan fingerprint density at radius 1 is 1.25 bits per heavy atom.